The lowest BCUT2D eigenvalue weighted by atomic mass is 9.97. The number of aliphatic hydroxyl groups excluding tert-OH is 1. The maximum absolute atomic E-state index is 13.4. The number of nitrogens with one attached hydrogen (secondary N) is 1. The number of aromatic nitrogens is 1. The van der Waals surface area contributed by atoms with Gasteiger partial charge in [0.05, 0.1) is 12.3 Å². The van der Waals surface area contributed by atoms with Crippen LogP contribution in [0.1, 0.15) is 51.7 Å². The Kier molecular flexibility index (Phi) is 7.87. The van der Waals surface area contributed by atoms with Crippen molar-refractivity contribution < 1.29 is 19.0 Å². The number of halogens is 1. The van der Waals surface area contributed by atoms with E-state index in [0.717, 1.165) is 35.2 Å². The van der Waals surface area contributed by atoms with Crippen LogP contribution in [0.2, 0.25) is 0 Å². The van der Waals surface area contributed by atoms with Crippen molar-refractivity contribution in [2.45, 2.75) is 52.7 Å². The van der Waals surface area contributed by atoms with E-state index < -0.39 is 11.7 Å². The number of benzene rings is 1. The smallest absolute Gasteiger partial charge is 0.407 e. The summed E-state index contributed by atoms with van der Waals surface area (Å²) in [4.78, 5) is 18.9. The highest BCUT2D eigenvalue weighted by Crippen LogP contribution is 2.33. The Morgan fingerprint density at radius 1 is 1.27 bits per heavy atom. The van der Waals surface area contributed by atoms with Gasteiger partial charge in [-0.3, -0.25) is 4.98 Å². The Morgan fingerprint density at radius 3 is 2.67 bits per heavy atom. The van der Waals surface area contributed by atoms with Crippen LogP contribution >= 0.6 is 0 Å². The first kappa shape index (κ1) is 24.5. The number of aliphatic hydroxyl groups is 1. The van der Waals surface area contributed by atoms with E-state index in [9.17, 15) is 14.3 Å². The summed E-state index contributed by atoms with van der Waals surface area (Å²) in [5, 5.41) is 12.5. The number of carbonyl (C=O) groups excluding carboxylic acids is 1. The molecule has 0 saturated carbocycles. The van der Waals surface area contributed by atoms with Crippen molar-refractivity contribution in [2.24, 2.45) is 0 Å². The molecular weight excluding hydrogens is 421 g/mol. The average Bonchev–Trinajstić information content (AvgIpc) is 2.93. The Balaban J connectivity index is 2.04. The molecule has 176 valence electrons. The van der Waals surface area contributed by atoms with Crippen LogP contribution in [0.3, 0.4) is 0 Å². The predicted octanol–water partition coefficient (Wildman–Crippen LogP) is 5.25. The monoisotopic (exact) mass is 453 g/mol. The summed E-state index contributed by atoms with van der Waals surface area (Å²) in [5.74, 6) is -0.307. The number of hydrogen-bond donors (Lipinski definition) is 2. The summed E-state index contributed by atoms with van der Waals surface area (Å²) in [5.41, 5.74) is 4.76. The van der Waals surface area contributed by atoms with Gasteiger partial charge in [0, 0.05) is 42.3 Å². The maximum atomic E-state index is 13.4. The lowest BCUT2D eigenvalue weighted by molar-refractivity contribution is 0.0523. The van der Waals surface area contributed by atoms with Crippen LogP contribution in [0.25, 0.3) is 17.0 Å². The van der Waals surface area contributed by atoms with Crippen molar-refractivity contribution in [3.8, 4) is 11.3 Å². The summed E-state index contributed by atoms with van der Waals surface area (Å²) >= 11 is 0. The van der Waals surface area contributed by atoms with Crippen LogP contribution < -0.4 is 5.32 Å². The molecule has 0 saturated heterocycles. The van der Waals surface area contributed by atoms with E-state index >= 15 is 0 Å². The molecule has 0 bridgehead atoms. The highest BCUT2D eigenvalue weighted by Gasteiger charge is 2.21. The molecule has 0 radical (unpaired) electrons. The maximum Gasteiger partial charge on any atom is 0.407 e. The first-order valence-electron chi connectivity index (χ1n) is 11.1. The van der Waals surface area contributed by atoms with Crippen molar-refractivity contribution >= 4 is 11.8 Å². The third-order valence-corrected chi connectivity index (χ3v) is 5.21. The van der Waals surface area contributed by atoms with Gasteiger partial charge in [-0.1, -0.05) is 6.08 Å². The van der Waals surface area contributed by atoms with Gasteiger partial charge in [-0.2, -0.15) is 0 Å². The van der Waals surface area contributed by atoms with Gasteiger partial charge in [0.2, 0.25) is 0 Å². The van der Waals surface area contributed by atoms with E-state index in [1.807, 2.05) is 37.9 Å². The second kappa shape index (κ2) is 10.6. The third kappa shape index (κ3) is 6.65. The molecule has 3 rings (SSSR count). The molecule has 0 fully saturated rings. The minimum absolute atomic E-state index is 0.00249. The Hall–Kier alpha value is -3.19. The van der Waals surface area contributed by atoms with Gasteiger partial charge < -0.3 is 20.1 Å². The van der Waals surface area contributed by atoms with Crippen molar-refractivity contribution in [3.05, 3.63) is 71.3 Å². The summed E-state index contributed by atoms with van der Waals surface area (Å²) in [7, 11) is 0. The summed E-state index contributed by atoms with van der Waals surface area (Å²) in [6.07, 6.45) is 7.09. The summed E-state index contributed by atoms with van der Waals surface area (Å²) < 4.78 is 18.8. The molecule has 1 aromatic carbocycles. The van der Waals surface area contributed by atoms with E-state index in [0.29, 0.717) is 12.2 Å². The van der Waals surface area contributed by atoms with E-state index in [1.54, 1.807) is 18.3 Å². The number of pyridine rings is 1. The van der Waals surface area contributed by atoms with Gasteiger partial charge in [-0.05, 0) is 82.0 Å². The minimum Gasteiger partial charge on any atom is -0.444 e. The fourth-order valence-electron chi connectivity index (χ4n) is 3.72. The Labute approximate surface area is 194 Å². The zero-order chi connectivity index (χ0) is 24.0. The fourth-order valence-corrected chi connectivity index (χ4v) is 3.72. The molecule has 7 heteroatoms. The molecule has 6 nitrogen and oxygen atoms in total. The molecule has 0 atom stereocenters. The molecule has 0 spiro atoms. The van der Waals surface area contributed by atoms with Gasteiger partial charge in [-0.25, -0.2) is 9.18 Å². The van der Waals surface area contributed by atoms with Gasteiger partial charge >= 0.3 is 6.09 Å². The highest BCUT2D eigenvalue weighted by molar-refractivity contribution is 5.75. The molecule has 0 aliphatic carbocycles. The minimum atomic E-state index is -0.597. The zero-order valence-corrected chi connectivity index (χ0v) is 19.7. The normalized spacial score (nSPS) is 14.3. The summed E-state index contributed by atoms with van der Waals surface area (Å²) in [6, 6.07) is 8.17. The SMILES string of the molecule is CC1=C(c2cc(-c3ccc(F)cc3)ncc2CNC(=O)OC(C)(C)C)N(CCO)C=CCC1. The molecule has 33 heavy (non-hydrogen) atoms. The molecule has 2 aromatic rings. The van der Waals surface area contributed by atoms with E-state index in [4.69, 9.17) is 4.74 Å². The number of hydrogen-bond acceptors (Lipinski definition) is 5. The molecule has 1 amide bonds. The standard InChI is InChI=1S/C26H32FN3O3/c1-18-7-5-6-12-30(13-14-31)24(18)22-15-23(19-8-10-21(27)11-9-19)28-16-20(22)17-29-25(32)33-26(2,3)4/h6,8-12,15-16,31H,5,7,13-14,17H2,1-4H3,(H,29,32). The van der Waals surface area contributed by atoms with Crippen molar-refractivity contribution in [1.29, 1.82) is 0 Å². The Bertz CT molecular complexity index is 1040. The number of carbonyl (C=O) groups is 1. The molecule has 1 aliphatic rings. The third-order valence-electron chi connectivity index (χ3n) is 5.21. The molecule has 2 heterocycles. The number of amides is 1. The number of alkyl carbamates (subject to hydrolysis) is 1. The second-order valence-electron chi connectivity index (χ2n) is 9.06. The van der Waals surface area contributed by atoms with Crippen LogP contribution in [-0.2, 0) is 11.3 Å². The fraction of sp³-hybridized carbons (Fsp3) is 0.385. The van der Waals surface area contributed by atoms with Crippen LogP contribution in [0.5, 0.6) is 0 Å². The topological polar surface area (TPSA) is 74.7 Å². The van der Waals surface area contributed by atoms with Gasteiger partial charge in [0.15, 0.2) is 0 Å². The first-order chi connectivity index (χ1) is 15.7. The molecule has 1 aromatic heterocycles. The second-order valence-corrected chi connectivity index (χ2v) is 9.06. The molecule has 2 N–H and O–H groups in total. The van der Waals surface area contributed by atoms with Crippen LogP contribution in [-0.4, -0.2) is 39.8 Å². The molecule has 1 aliphatic heterocycles. The summed E-state index contributed by atoms with van der Waals surface area (Å²) in [6.45, 7) is 8.20. The average molecular weight is 454 g/mol. The van der Waals surface area contributed by atoms with E-state index in [-0.39, 0.29) is 19.0 Å². The zero-order valence-electron chi connectivity index (χ0n) is 19.7. The van der Waals surface area contributed by atoms with Crippen LogP contribution in [0.15, 0.2) is 54.4 Å². The van der Waals surface area contributed by atoms with E-state index in [2.05, 4.69) is 23.3 Å². The van der Waals surface area contributed by atoms with Crippen molar-refractivity contribution in [3.63, 3.8) is 0 Å². The number of ether oxygens (including phenoxy) is 1. The number of β-amino-alcohol motifs (C(OH)–C–C–N with tert-alkyl or cyclic N) is 1. The van der Waals surface area contributed by atoms with Gasteiger partial charge in [0.25, 0.3) is 0 Å². The van der Waals surface area contributed by atoms with Crippen LogP contribution in [0.4, 0.5) is 9.18 Å². The number of allylic oxidation sites excluding steroid dienone is 2. The van der Waals surface area contributed by atoms with Crippen LogP contribution in [0, 0.1) is 5.82 Å². The Morgan fingerprint density at radius 2 is 2.00 bits per heavy atom. The lowest BCUT2D eigenvalue weighted by Crippen LogP contribution is -2.32. The van der Waals surface area contributed by atoms with Gasteiger partial charge in [-0.15, -0.1) is 0 Å². The molecule has 0 unspecified atom stereocenters. The number of rotatable bonds is 6. The lowest BCUT2D eigenvalue weighted by Gasteiger charge is -2.27. The van der Waals surface area contributed by atoms with Crippen molar-refractivity contribution in [1.82, 2.24) is 15.2 Å². The van der Waals surface area contributed by atoms with E-state index in [1.165, 1.54) is 17.7 Å². The van der Waals surface area contributed by atoms with Gasteiger partial charge in [0.1, 0.15) is 11.4 Å². The molecular formula is C26H32FN3O3. The number of nitrogens with zero attached hydrogens (tertiary/aromatic N) is 2. The first-order valence-corrected chi connectivity index (χ1v) is 11.1. The largest absolute Gasteiger partial charge is 0.444 e. The highest BCUT2D eigenvalue weighted by atomic mass is 19.1. The van der Waals surface area contributed by atoms with Crippen molar-refractivity contribution in [2.75, 3.05) is 13.2 Å². The quantitative estimate of drug-likeness (QED) is 0.625. The predicted molar refractivity (Wildman–Crippen MR) is 127 cm³/mol.